The molecule has 3 rings (SSSR count). The van der Waals surface area contributed by atoms with Gasteiger partial charge in [0.2, 0.25) is 0 Å². The van der Waals surface area contributed by atoms with E-state index in [1.165, 1.54) is 0 Å². The average Bonchev–Trinajstić information content (AvgIpc) is 2.63. The summed E-state index contributed by atoms with van der Waals surface area (Å²) in [6.45, 7) is 9.81. The fourth-order valence-electron chi connectivity index (χ4n) is 4.11. The topological polar surface area (TPSA) is 66.8 Å². The van der Waals surface area contributed by atoms with E-state index in [1.807, 2.05) is 6.92 Å². The molecule has 0 aromatic heterocycles. The van der Waals surface area contributed by atoms with Crippen molar-refractivity contribution >= 4 is 5.97 Å². The maximum Gasteiger partial charge on any atom is 0.334 e. The second-order valence-corrected chi connectivity index (χ2v) is 6.37. The number of fused-ring (bicyclic) bond motifs is 3. The third-order valence-electron chi connectivity index (χ3n) is 5.42. The first-order valence-electron chi connectivity index (χ1n) is 6.81. The third kappa shape index (κ3) is 1.56. The second-order valence-electron chi connectivity index (χ2n) is 6.37. The van der Waals surface area contributed by atoms with E-state index in [4.69, 9.17) is 4.74 Å². The molecule has 4 nitrogen and oxygen atoms in total. The molecule has 2 N–H and O–H groups in total. The van der Waals surface area contributed by atoms with Gasteiger partial charge in [-0.25, -0.2) is 4.79 Å². The molecule has 2 saturated carbocycles. The Bertz CT molecular complexity index is 469. The molecule has 4 heteroatoms. The number of hydrogen-bond donors (Lipinski definition) is 2. The van der Waals surface area contributed by atoms with Gasteiger partial charge in [0.1, 0.15) is 6.10 Å². The molecule has 0 amide bonds. The molecule has 1 heterocycles. The molecular formula is C15H20O4. The number of hydrogen-bond acceptors (Lipinski definition) is 4. The number of ether oxygens (including phenoxy) is 1. The van der Waals surface area contributed by atoms with Gasteiger partial charge in [-0.3, -0.25) is 0 Å². The lowest BCUT2D eigenvalue weighted by Crippen LogP contribution is -2.56. The number of carbonyl (C=O) groups excluding carboxylic acids is 1. The van der Waals surface area contributed by atoms with Gasteiger partial charge in [-0.15, -0.1) is 0 Å². The predicted octanol–water partition coefficient (Wildman–Crippen LogP) is 1.18. The Hall–Kier alpha value is -1.13. The molecule has 0 aromatic rings. The molecular weight excluding hydrogens is 244 g/mol. The van der Waals surface area contributed by atoms with Gasteiger partial charge in [-0.05, 0) is 18.4 Å². The molecule has 0 radical (unpaired) electrons. The highest BCUT2D eigenvalue weighted by molar-refractivity contribution is 5.91. The van der Waals surface area contributed by atoms with Crippen LogP contribution in [0.1, 0.15) is 26.2 Å². The van der Waals surface area contributed by atoms with E-state index < -0.39 is 12.2 Å². The normalized spacial score (nSPS) is 49.6. The van der Waals surface area contributed by atoms with E-state index in [1.54, 1.807) is 0 Å². The summed E-state index contributed by atoms with van der Waals surface area (Å²) in [4.78, 5) is 11.7. The van der Waals surface area contributed by atoms with E-state index in [2.05, 4.69) is 13.2 Å². The Labute approximate surface area is 112 Å². The van der Waals surface area contributed by atoms with E-state index in [9.17, 15) is 15.0 Å². The first-order chi connectivity index (χ1) is 8.86. The fourth-order valence-corrected chi connectivity index (χ4v) is 4.11. The Morgan fingerprint density at radius 1 is 1.37 bits per heavy atom. The van der Waals surface area contributed by atoms with E-state index in [0.29, 0.717) is 17.6 Å². The van der Waals surface area contributed by atoms with Gasteiger partial charge < -0.3 is 14.9 Å². The van der Waals surface area contributed by atoms with E-state index in [0.717, 1.165) is 12.8 Å². The number of carbonyl (C=O) groups is 1. The highest BCUT2D eigenvalue weighted by atomic mass is 16.6. The molecule has 1 saturated heterocycles. The van der Waals surface area contributed by atoms with Gasteiger partial charge >= 0.3 is 5.97 Å². The van der Waals surface area contributed by atoms with Crippen LogP contribution in [0.4, 0.5) is 0 Å². The van der Waals surface area contributed by atoms with Crippen molar-refractivity contribution in [1.29, 1.82) is 0 Å². The van der Waals surface area contributed by atoms with Crippen molar-refractivity contribution in [1.82, 2.24) is 0 Å². The van der Waals surface area contributed by atoms with Crippen LogP contribution in [0.2, 0.25) is 0 Å². The molecule has 0 unspecified atom stereocenters. The SMILES string of the molecule is C=C1[C@@H]2[C@H]3OC(=O)C(=C)[C@@H]3CC[C@@]2(C)[C@H](O)C[C@@H]1O. The molecule has 0 spiro atoms. The zero-order chi connectivity index (χ0) is 13.9. The summed E-state index contributed by atoms with van der Waals surface area (Å²) in [6, 6.07) is 0. The first-order valence-corrected chi connectivity index (χ1v) is 6.81. The minimum absolute atomic E-state index is 0.000162. The standard InChI is InChI=1S/C15H20O4/c1-7-9-4-5-15(3)11(17)6-10(16)8(2)12(15)13(9)19-14(7)18/h9-13,16-17H,1-2,4-6H2,3H3/t9-,10-,11+,12+,13-,15-/m0/s1. The lowest BCUT2D eigenvalue weighted by molar-refractivity contribution is -0.155. The monoisotopic (exact) mass is 264 g/mol. The summed E-state index contributed by atoms with van der Waals surface area (Å²) in [6.07, 6.45) is 0.268. The van der Waals surface area contributed by atoms with Crippen LogP contribution < -0.4 is 0 Å². The van der Waals surface area contributed by atoms with Gasteiger partial charge in [-0.1, -0.05) is 20.1 Å². The van der Waals surface area contributed by atoms with Crippen molar-refractivity contribution in [3.8, 4) is 0 Å². The molecule has 2 aliphatic carbocycles. The smallest absolute Gasteiger partial charge is 0.334 e. The van der Waals surface area contributed by atoms with Gasteiger partial charge in [0, 0.05) is 29.2 Å². The van der Waals surface area contributed by atoms with Crippen molar-refractivity contribution in [3.63, 3.8) is 0 Å². The fraction of sp³-hybridized carbons (Fsp3) is 0.667. The van der Waals surface area contributed by atoms with Crippen molar-refractivity contribution in [2.45, 2.75) is 44.5 Å². The predicted molar refractivity (Wildman–Crippen MR) is 69.1 cm³/mol. The maximum atomic E-state index is 11.7. The van der Waals surface area contributed by atoms with Crippen LogP contribution in [0.3, 0.4) is 0 Å². The van der Waals surface area contributed by atoms with Gasteiger partial charge in [0.05, 0.1) is 12.2 Å². The van der Waals surface area contributed by atoms with E-state index in [-0.39, 0.29) is 29.3 Å². The summed E-state index contributed by atoms with van der Waals surface area (Å²) < 4.78 is 5.46. The summed E-state index contributed by atoms with van der Waals surface area (Å²) in [5, 5.41) is 20.4. The highest BCUT2D eigenvalue weighted by Crippen LogP contribution is 2.57. The molecule has 104 valence electrons. The Morgan fingerprint density at radius 2 is 2.05 bits per heavy atom. The van der Waals surface area contributed by atoms with Crippen LogP contribution >= 0.6 is 0 Å². The summed E-state index contributed by atoms with van der Waals surface area (Å²) in [5.41, 5.74) is 0.835. The number of rotatable bonds is 0. The Morgan fingerprint density at radius 3 is 2.74 bits per heavy atom. The molecule has 3 aliphatic rings. The quantitative estimate of drug-likeness (QED) is 0.392. The summed E-state index contributed by atoms with van der Waals surface area (Å²) in [5.74, 6) is -0.533. The van der Waals surface area contributed by atoms with E-state index >= 15 is 0 Å². The minimum Gasteiger partial charge on any atom is -0.458 e. The Balaban J connectivity index is 2.02. The highest BCUT2D eigenvalue weighted by Gasteiger charge is 2.59. The van der Waals surface area contributed by atoms with Crippen molar-refractivity contribution < 1.29 is 19.7 Å². The summed E-state index contributed by atoms with van der Waals surface area (Å²) >= 11 is 0. The largest absolute Gasteiger partial charge is 0.458 e. The van der Waals surface area contributed by atoms with Crippen LogP contribution in [0.5, 0.6) is 0 Å². The second kappa shape index (κ2) is 3.93. The molecule has 19 heavy (non-hydrogen) atoms. The van der Waals surface area contributed by atoms with Crippen molar-refractivity contribution in [2.75, 3.05) is 0 Å². The number of esters is 1. The zero-order valence-electron chi connectivity index (χ0n) is 11.1. The van der Waals surface area contributed by atoms with Crippen LogP contribution in [-0.4, -0.2) is 34.5 Å². The lowest BCUT2D eigenvalue weighted by atomic mass is 9.53. The Kier molecular flexibility index (Phi) is 2.67. The van der Waals surface area contributed by atoms with Crippen molar-refractivity contribution in [3.05, 3.63) is 24.3 Å². The van der Waals surface area contributed by atoms with Crippen molar-refractivity contribution in [2.24, 2.45) is 17.3 Å². The lowest BCUT2D eigenvalue weighted by Gasteiger charge is -2.53. The summed E-state index contributed by atoms with van der Waals surface area (Å²) in [7, 11) is 0. The van der Waals surface area contributed by atoms with Crippen LogP contribution in [0, 0.1) is 17.3 Å². The molecule has 1 aliphatic heterocycles. The van der Waals surface area contributed by atoms with Crippen LogP contribution in [0.25, 0.3) is 0 Å². The molecule has 3 fully saturated rings. The molecule has 0 bridgehead atoms. The van der Waals surface area contributed by atoms with Crippen LogP contribution in [-0.2, 0) is 9.53 Å². The molecule has 0 aromatic carbocycles. The number of aliphatic hydroxyl groups is 2. The maximum absolute atomic E-state index is 11.7. The van der Waals surface area contributed by atoms with Gasteiger partial charge in [0.15, 0.2) is 0 Å². The first kappa shape index (κ1) is 12.9. The van der Waals surface area contributed by atoms with Gasteiger partial charge in [0.25, 0.3) is 0 Å². The third-order valence-corrected chi connectivity index (χ3v) is 5.42. The minimum atomic E-state index is -0.723. The number of aliphatic hydroxyl groups excluding tert-OH is 2. The zero-order valence-corrected chi connectivity index (χ0v) is 11.1. The van der Waals surface area contributed by atoms with Gasteiger partial charge in [-0.2, -0.15) is 0 Å². The van der Waals surface area contributed by atoms with Crippen LogP contribution in [0.15, 0.2) is 24.3 Å². The molecule has 6 atom stereocenters. The average molecular weight is 264 g/mol.